The van der Waals surface area contributed by atoms with Gasteiger partial charge in [-0.05, 0) is 24.1 Å². The highest BCUT2D eigenvalue weighted by molar-refractivity contribution is 6.34. The van der Waals surface area contributed by atoms with Gasteiger partial charge in [-0.25, -0.2) is 4.39 Å². The zero-order valence-electron chi connectivity index (χ0n) is 9.27. The maximum absolute atomic E-state index is 13.2. The van der Waals surface area contributed by atoms with Crippen molar-refractivity contribution < 1.29 is 9.18 Å². The summed E-state index contributed by atoms with van der Waals surface area (Å²) in [6.45, 7) is 1.99. The van der Waals surface area contributed by atoms with Crippen LogP contribution in [-0.2, 0) is 4.79 Å². The summed E-state index contributed by atoms with van der Waals surface area (Å²) in [5.74, 6) is -0.620. The maximum atomic E-state index is 13.2. The first-order valence-electron chi connectivity index (χ1n) is 5.06. The topological polar surface area (TPSA) is 29.1 Å². The zero-order chi connectivity index (χ0) is 12.8. The Morgan fingerprint density at radius 2 is 2.18 bits per heavy atom. The number of carbonyl (C=O) groups is 1. The van der Waals surface area contributed by atoms with Gasteiger partial charge in [0.25, 0.3) is 0 Å². The highest BCUT2D eigenvalue weighted by Gasteiger charge is 2.05. The third kappa shape index (κ3) is 4.75. The van der Waals surface area contributed by atoms with Crippen molar-refractivity contribution in [3.63, 3.8) is 0 Å². The Kier molecular flexibility index (Phi) is 5.45. The molecular weight excluding hydrogens is 264 g/mol. The Bertz CT molecular complexity index is 446. The molecule has 0 aromatic heterocycles. The van der Waals surface area contributed by atoms with Crippen LogP contribution in [0.4, 0.5) is 4.39 Å². The molecule has 0 unspecified atom stereocenters. The Hall–Kier alpha value is -1.06. The van der Waals surface area contributed by atoms with Crippen LogP contribution in [0.1, 0.15) is 18.9 Å². The number of hydrogen-bond acceptors (Lipinski definition) is 1. The van der Waals surface area contributed by atoms with E-state index in [1.54, 1.807) is 18.2 Å². The third-order valence-corrected chi connectivity index (χ3v) is 2.62. The number of hydrogen-bond donors (Lipinski definition) is 1. The summed E-state index contributed by atoms with van der Waals surface area (Å²) in [6.07, 6.45) is 4.12. The molecule has 0 fully saturated rings. The molecule has 0 saturated carbocycles. The Balaban J connectivity index is 2.62. The third-order valence-electron chi connectivity index (χ3n) is 2.00. The zero-order valence-corrected chi connectivity index (χ0v) is 10.8. The van der Waals surface area contributed by atoms with E-state index in [0.29, 0.717) is 23.6 Å². The van der Waals surface area contributed by atoms with E-state index < -0.39 is 5.82 Å². The van der Waals surface area contributed by atoms with Gasteiger partial charge in [0.15, 0.2) is 0 Å². The van der Waals surface area contributed by atoms with Crippen molar-refractivity contribution >= 4 is 35.2 Å². The van der Waals surface area contributed by atoms with Crippen molar-refractivity contribution in [3.05, 3.63) is 39.6 Å². The summed E-state index contributed by atoms with van der Waals surface area (Å²) in [4.78, 5) is 10.6. The maximum Gasteiger partial charge on any atom is 0.216 e. The molecule has 0 radical (unpaired) electrons. The van der Waals surface area contributed by atoms with Gasteiger partial charge in [0.2, 0.25) is 5.91 Å². The molecule has 0 heterocycles. The summed E-state index contributed by atoms with van der Waals surface area (Å²) < 4.78 is 13.2. The Morgan fingerprint density at radius 3 is 2.82 bits per heavy atom. The Labute approximate surface area is 109 Å². The minimum atomic E-state index is -0.541. The van der Waals surface area contributed by atoms with Gasteiger partial charge in [-0.3, -0.25) is 4.79 Å². The molecule has 1 rings (SSSR count). The number of halogens is 3. The van der Waals surface area contributed by atoms with Crippen molar-refractivity contribution in [2.45, 2.75) is 13.3 Å². The van der Waals surface area contributed by atoms with E-state index in [9.17, 15) is 9.18 Å². The lowest BCUT2D eigenvalue weighted by Gasteiger charge is -2.01. The lowest BCUT2D eigenvalue weighted by molar-refractivity contribution is -0.118. The first-order valence-corrected chi connectivity index (χ1v) is 5.82. The fraction of sp³-hybridized carbons (Fsp3) is 0.250. The van der Waals surface area contributed by atoms with Gasteiger partial charge in [-0.1, -0.05) is 35.4 Å². The number of rotatable bonds is 4. The smallest absolute Gasteiger partial charge is 0.216 e. The second-order valence-electron chi connectivity index (χ2n) is 3.46. The van der Waals surface area contributed by atoms with E-state index in [2.05, 4.69) is 5.32 Å². The molecule has 1 N–H and O–H groups in total. The molecular formula is C12H12Cl2FNO. The van der Waals surface area contributed by atoms with Crippen molar-refractivity contribution in [2.75, 3.05) is 6.54 Å². The number of benzene rings is 1. The molecule has 0 spiro atoms. The van der Waals surface area contributed by atoms with Gasteiger partial charge in [-0.2, -0.15) is 0 Å². The lowest BCUT2D eigenvalue weighted by Crippen LogP contribution is -2.20. The van der Waals surface area contributed by atoms with Gasteiger partial charge in [0.05, 0.1) is 5.02 Å². The van der Waals surface area contributed by atoms with Crippen LogP contribution >= 0.6 is 23.2 Å². The quantitative estimate of drug-likeness (QED) is 0.659. The van der Waals surface area contributed by atoms with Crippen LogP contribution in [0.15, 0.2) is 18.2 Å². The van der Waals surface area contributed by atoms with Gasteiger partial charge < -0.3 is 5.32 Å². The van der Waals surface area contributed by atoms with Crippen molar-refractivity contribution in [2.24, 2.45) is 0 Å². The molecule has 1 amide bonds. The average molecular weight is 276 g/mol. The Morgan fingerprint density at radius 1 is 1.47 bits per heavy atom. The van der Waals surface area contributed by atoms with Crippen LogP contribution in [0.2, 0.25) is 10.0 Å². The predicted octanol–water partition coefficient (Wildman–Crippen LogP) is 3.67. The molecule has 92 valence electrons. The number of nitrogens with one attached hydrogen (secondary N) is 1. The fourth-order valence-electron chi connectivity index (χ4n) is 1.24. The first kappa shape index (κ1) is 14.0. The number of carbonyl (C=O) groups excluding carboxylic acids is 1. The number of amides is 1. The van der Waals surface area contributed by atoms with E-state index in [4.69, 9.17) is 23.2 Å². The van der Waals surface area contributed by atoms with Gasteiger partial charge in [0.1, 0.15) is 5.82 Å². The lowest BCUT2D eigenvalue weighted by atomic mass is 10.2. The van der Waals surface area contributed by atoms with Crippen LogP contribution in [0.25, 0.3) is 6.08 Å². The summed E-state index contributed by atoms with van der Waals surface area (Å²) >= 11 is 11.5. The van der Waals surface area contributed by atoms with Crippen LogP contribution in [0.5, 0.6) is 0 Å². The van der Waals surface area contributed by atoms with Gasteiger partial charge >= 0.3 is 0 Å². The van der Waals surface area contributed by atoms with E-state index in [1.807, 2.05) is 0 Å². The van der Waals surface area contributed by atoms with E-state index in [0.717, 1.165) is 0 Å². The molecule has 1 aromatic carbocycles. The summed E-state index contributed by atoms with van der Waals surface area (Å²) in [5.41, 5.74) is 0.527. The fourth-order valence-corrected chi connectivity index (χ4v) is 1.62. The van der Waals surface area contributed by atoms with E-state index >= 15 is 0 Å². The van der Waals surface area contributed by atoms with Crippen LogP contribution in [0, 0.1) is 5.82 Å². The normalized spacial score (nSPS) is 10.8. The van der Waals surface area contributed by atoms with Crippen LogP contribution in [0.3, 0.4) is 0 Å². The molecule has 0 saturated heterocycles. The minimum Gasteiger partial charge on any atom is -0.356 e. The highest BCUT2D eigenvalue weighted by Crippen LogP contribution is 2.25. The summed E-state index contributed by atoms with van der Waals surface area (Å²) in [5, 5.41) is 2.99. The summed E-state index contributed by atoms with van der Waals surface area (Å²) in [7, 11) is 0. The minimum absolute atomic E-state index is 0.0465. The first-order chi connectivity index (χ1) is 8.00. The molecule has 0 atom stereocenters. The van der Waals surface area contributed by atoms with Gasteiger partial charge in [-0.15, -0.1) is 0 Å². The molecule has 5 heteroatoms. The van der Waals surface area contributed by atoms with Crippen LogP contribution in [-0.4, -0.2) is 12.5 Å². The molecule has 0 aliphatic carbocycles. The van der Waals surface area contributed by atoms with Crippen molar-refractivity contribution in [1.82, 2.24) is 5.32 Å². The second kappa shape index (κ2) is 6.62. The molecule has 1 aromatic rings. The van der Waals surface area contributed by atoms with Gasteiger partial charge in [0, 0.05) is 18.5 Å². The molecule has 0 bridgehead atoms. The molecule has 17 heavy (non-hydrogen) atoms. The molecule has 0 aliphatic heterocycles. The predicted molar refractivity (Wildman–Crippen MR) is 68.8 cm³/mol. The standard InChI is InChI=1S/C12H12Cl2FNO/c1-8(17)16-5-3-2-4-9-6-10(13)7-11(15)12(9)14/h2,4,6-7H,3,5H2,1H3,(H,16,17). The average Bonchev–Trinajstić information content (AvgIpc) is 2.23. The summed E-state index contributed by atoms with van der Waals surface area (Å²) in [6, 6.07) is 2.75. The molecule has 2 nitrogen and oxygen atoms in total. The largest absolute Gasteiger partial charge is 0.356 e. The molecule has 0 aliphatic rings. The van der Waals surface area contributed by atoms with E-state index in [-0.39, 0.29) is 10.9 Å². The highest BCUT2D eigenvalue weighted by atomic mass is 35.5. The van der Waals surface area contributed by atoms with E-state index in [1.165, 1.54) is 13.0 Å². The van der Waals surface area contributed by atoms with Crippen LogP contribution < -0.4 is 5.32 Å². The SMILES string of the molecule is CC(=O)NCCC=Cc1cc(Cl)cc(F)c1Cl. The van der Waals surface area contributed by atoms with Crippen molar-refractivity contribution in [3.8, 4) is 0 Å². The monoisotopic (exact) mass is 275 g/mol. The second-order valence-corrected chi connectivity index (χ2v) is 4.28. The van der Waals surface area contributed by atoms with Crippen molar-refractivity contribution in [1.29, 1.82) is 0 Å².